The number of hydrogen-bond acceptors (Lipinski definition) is 5. The summed E-state index contributed by atoms with van der Waals surface area (Å²) in [7, 11) is 1.83. The molecule has 0 unspecified atom stereocenters. The van der Waals surface area contributed by atoms with E-state index in [-0.39, 0.29) is 6.10 Å². The van der Waals surface area contributed by atoms with E-state index in [0.29, 0.717) is 25.4 Å². The van der Waals surface area contributed by atoms with Crippen LogP contribution in [-0.2, 0) is 19.0 Å². The Hall–Kier alpha value is -2.36. The first-order chi connectivity index (χ1) is 11.9. The summed E-state index contributed by atoms with van der Waals surface area (Å²) in [5.41, 5.74) is 1.60. The van der Waals surface area contributed by atoms with Crippen LogP contribution in [0.3, 0.4) is 0 Å². The molecule has 2 aromatic rings. The van der Waals surface area contributed by atoms with Crippen LogP contribution in [0, 0.1) is 11.3 Å². The summed E-state index contributed by atoms with van der Waals surface area (Å²) in [6, 6.07) is 10.4. The van der Waals surface area contributed by atoms with E-state index in [4.69, 9.17) is 4.74 Å². The van der Waals surface area contributed by atoms with Crippen LogP contribution in [0.15, 0.2) is 36.7 Å². The van der Waals surface area contributed by atoms with E-state index in [2.05, 4.69) is 22.1 Å². The van der Waals surface area contributed by atoms with Gasteiger partial charge in [-0.15, -0.1) is 0 Å². The molecular formula is C19H24N4O2. The number of aromatic nitrogens is 2. The van der Waals surface area contributed by atoms with Gasteiger partial charge in [0.15, 0.2) is 5.75 Å². The van der Waals surface area contributed by atoms with E-state index in [9.17, 15) is 10.4 Å². The molecule has 6 heteroatoms. The Morgan fingerprint density at radius 1 is 1.36 bits per heavy atom. The van der Waals surface area contributed by atoms with E-state index >= 15 is 0 Å². The number of aryl methyl sites for hydroxylation is 1. The molecule has 25 heavy (non-hydrogen) atoms. The molecule has 0 amide bonds. The lowest BCUT2D eigenvalue weighted by Gasteiger charge is -2.23. The lowest BCUT2D eigenvalue weighted by Crippen LogP contribution is -2.29. The average Bonchev–Trinajstić information content (AvgIpc) is 3.14. The molecule has 2 atom stereocenters. The van der Waals surface area contributed by atoms with Crippen LogP contribution in [0.4, 0.5) is 0 Å². The highest BCUT2D eigenvalue weighted by molar-refractivity contribution is 5.37. The largest absolute Gasteiger partial charge is 0.483 e. The summed E-state index contributed by atoms with van der Waals surface area (Å²) in [5.74, 6) is 0.666. The van der Waals surface area contributed by atoms with Crippen LogP contribution in [0.5, 0.6) is 5.75 Å². The third-order valence-electron chi connectivity index (χ3n) is 4.65. The standard InChI is InChI=1S/C19H24N4O2/c1-19(2,13-20)16-7-5-4-6-14(16)9-23-11-17(24)18(12-23)25-15-8-21-22(3)10-15/h4-8,10,17-18,24H,9,11-12H2,1-3H3/t17-,18-/m1/s1. The van der Waals surface area contributed by atoms with Gasteiger partial charge in [0, 0.05) is 26.7 Å². The quantitative estimate of drug-likeness (QED) is 0.899. The second-order valence-corrected chi connectivity index (χ2v) is 7.16. The van der Waals surface area contributed by atoms with Gasteiger partial charge in [-0.3, -0.25) is 9.58 Å². The predicted molar refractivity (Wildman–Crippen MR) is 94.0 cm³/mol. The topological polar surface area (TPSA) is 74.3 Å². The first-order valence-corrected chi connectivity index (χ1v) is 8.44. The van der Waals surface area contributed by atoms with Crippen LogP contribution >= 0.6 is 0 Å². The van der Waals surface area contributed by atoms with Gasteiger partial charge >= 0.3 is 0 Å². The minimum absolute atomic E-state index is 0.277. The number of aliphatic hydroxyl groups excluding tert-OH is 1. The van der Waals surface area contributed by atoms with Crippen LogP contribution in [0.2, 0.25) is 0 Å². The molecule has 1 aromatic heterocycles. The highest BCUT2D eigenvalue weighted by Gasteiger charge is 2.34. The van der Waals surface area contributed by atoms with Crippen molar-refractivity contribution in [2.24, 2.45) is 7.05 Å². The van der Waals surface area contributed by atoms with Gasteiger partial charge in [-0.25, -0.2) is 0 Å². The van der Waals surface area contributed by atoms with Gasteiger partial charge in [0.05, 0.1) is 23.9 Å². The van der Waals surface area contributed by atoms with Crippen LogP contribution in [-0.4, -0.2) is 45.1 Å². The third kappa shape index (κ3) is 3.84. The van der Waals surface area contributed by atoms with Crippen molar-refractivity contribution >= 4 is 0 Å². The molecule has 1 aliphatic heterocycles. The molecule has 1 aliphatic rings. The Morgan fingerprint density at radius 2 is 2.12 bits per heavy atom. The van der Waals surface area contributed by atoms with Gasteiger partial charge in [0.1, 0.15) is 12.2 Å². The van der Waals surface area contributed by atoms with Gasteiger partial charge in [-0.1, -0.05) is 24.3 Å². The number of hydrogen-bond donors (Lipinski definition) is 1. The summed E-state index contributed by atoms with van der Waals surface area (Å²) in [6.45, 7) is 5.73. The smallest absolute Gasteiger partial charge is 0.157 e. The van der Waals surface area contributed by atoms with Crippen molar-refractivity contribution in [1.29, 1.82) is 5.26 Å². The molecule has 1 aromatic carbocycles. The van der Waals surface area contributed by atoms with Crippen molar-refractivity contribution in [2.75, 3.05) is 13.1 Å². The summed E-state index contributed by atoms with van der Waals surface area (Å²) >= 11 is 0. The van der Waals surface area contributed by atoms with Gasteiger partial charge < -0.3 is 9.84 Å². The monoisotopic (exact) mass is 340 g/mol. The van der Waals surface area contributed by atoms with Crippen molar-refractivity contribution in [3.63, 3.8) is 0 Å². The molecule has 1 fully saturated rings. The van der Waals surface area contributed by atoms with Gasteiger partial charge in [-0.2, -0.15) is 10.4 Å². The second-order valence-electron chi connectivity index (χ2n) is 7.16. The number of nitriles is 1. The maximum atomic E-state index is 10.3. The average molecular weight is 340 g/mol. The fourth-order valence-corrected chi connectivity index (χ4v) is 3.28. The lowest BCUT2D eigenvalue weighted by atomic mass is 9.83. The van der Waals surface area contributed by atoms with Crippen molar-refractivity contribution in [1.82, 2.24) is 14.7 Å². The van der Waals surface area contributed by atoms with Crippen molar-refractivity contribution < 1.29 is 9.84 Å². The SMILES string of the molecule is Cn1cc(O[C@@H]2CN(Cc3ccccc3C(C)(C)C#N)C[C@H]2O)cn1. The summed E-state index contributed by atoms with van der Waals surface area (Å²) in [4.78, 5) is 2.16. The molecule has 2 heterocycles. The molecule has 1 N–H and O–H groups in total. The van der Waals surface area contributed by atoms with Crippen molar-refractivity contribution in [3.05, 3.63) is 47.8 Å². The Bertz CT molecular complexity index is 778. The molecule has 0 spiro atoms. The Kier molecular flexibility index (Phi) is 4.80. The normalized spacial score (nSPS) is 21.2. The van der Waals surface area contributed by atoms with E-state index in [1.54, 1.807) is 17.1 Å². The number of β-amino-alcohol motifs (C(OH)–C–C–N with tert-alkyl or cyclic N) is 1. The third-order valence-corrected chi connectivity index (χ3v) is 4.65. The number of benzene rings is 1. The summed E-state index contributed by atoms with van der Waals surface area (Å²) in [6.07, 6.45) is 2.62. The zero-order valence-corrected chi connectivity index (χ0v) is 14.9. The summed E-state index contributed by atoms with van der Waals surface area (Å²) < 4.78 is 7.54. The number of likely N-dealkylation sites (tertiary alicyclic amines) is 1. The molecular weight excluding hydrogens is 316 g/mol. The highest BCUT2D eigenvalue weighted by Crippen LogP contribution is 2.28. The zero-order chi connectivity index (χ0) is 18.0. The molecule has 6 nitrogen and oxygen atoms in total. The number of nitrogens with zero attached hydrogens (tertiary/aromatic N) is 4. The molecule has 3 rings (SSSR count). The van der Waals surface area contributed by atoms with Crippen LogP contribution < -0.4 is 4.74 Å². The zero-order valence-electron chi connectivity index (χ0n) is 14.9. The van der Waals surface area contributed by atoms with Gasteiger partial charge in [-0.05, 0) is 25.0 Å². The summed E-state index contributed by atoms with van der Waals surface area (Å²) in [5, 5.41) is 23.9. The fourth-order valence-electron chi connectivity index (χ4n) is 3.28. The minimum atomic E-state index is -0.545. The lowest BCUT2D eigenvalue weighted by molar-refractivity contribution is 0.0736. The molecule has 0 bridgehead atoms. The minimum Gasteiger partial charge on any atom is -0.483 e. The first kappa shape index (κ1) is 17.5. The predicted octanol–water partition coefficient (Wildman–Crippen LogP) is 1.85. The number of aliphatic hydroxyl groups is 1. The Morgan fingerprint density at radius 3 is 2.80 bits per heavy atom. The molecule has 1 saturated heterocycles. The molecule has 0 radical (unpaired) electrons. The number of ether oxygens (including phenoxy) is 1. The van der Waals surface area contributed by atoms with Gasteiger partial charge in [0.25, 0.3) is 0 Å². The van der Waals surface area contributed by atoms with E-state index < -0.39 is 11.5 Å². The highest BCUT2D eigenvalue weighted by atomic mass is 16.5. The van der Waals surface area contributed by atoms with E-state index in [1.165, 1.54) is 0 Å². The van der Waals surface area contributed by atoms with Gasteiger partial charge in [0.2, 0.25) is 0 Å². The molecule has 0 aliphatic carbocycles. The number of rotatable bonds is 5. The Balaban J connectivity index is 1.70. The van der Waals surface area contributed by atoms with E-state index in [1.807, 2.05) is 39.1 Å². The molecule has 0 saturated carbocycles. The maximum absolute atomic E-state index is 10.3. The van der Waals surface area contributed by atoms with Crippen LogP contribution in [0.1, 0.15) is 25.0 Å². The van der Waals surface area contributed by atoms with E-state index in [0.717, 1.165) is 11.1 Å². The second kappa shape index (κ2) is 6.87. The Labute approximate surface area is 148 Å². The van der Waals surface area contributed by atoms with Crippen molar-refractivity contribution in [2.45, 2.75) is 38.0 Å². The molecule has 132 valence electrons. The van der Waals surface area contributed by atoms with Crippen LogP contribution in [0.25, 0.3) is 0 Å². The fraction of sp³-hybridized carbons (Fsp3) is 0.474. The van der Waals surface area contributed by atoms with Crippen molar-refractivity contribution in [3.8, 4) is 11.8 Å². The first-order valence-electron chi connectivity index (χ1n) is 8.44. The maximum Gasteiger partial charge on any atom is 0.157 e.